The van der Waals surface area contributed by atoms with E-state index in [1.54, 1.807) is 31.3 Å². The molecule has 0 heterocycles. The predicted octanol–water partition coefficient (Wildman–Crippen LogP) is 1.66. The Balaban J connectivity index is 2.67. The molecule has 0 bridgehead atoms. The summed E-state index contributed by atoms with van der Waals surface area (Å²) in [5, 5.41) is 0. The lowest BCUT2D eigenvalue weighted by Gasteiger charge is -2.29. The minimum Gasteiger partial charge on any atom is -0.491 e. The monoisotopic (exact) mass is 371 g/mol. The lowest BCUT2D eigenvalue weighted by atomic mass is 9.93. The second-order valence-corrected chi connectivity index (χ2v) is 8.89. The third kappa shape index (κ3) is 7.74. The topological polar surface area (TPSA) is 102 Å². The van der Waals surface area contributed by atoms with Crippen LogP contribution in [0.1, 0.15) is 27.7 Å². The molecule has 0 aliphatic rings. The molecule has 3 N–H and O–H groups in total. The number of hydrogen-bond donors (Lipinski definition) is 2. The van der Waals surface area contributed by atoms with Crippen LogP contribution >= 0.6 is 0 Å². The molecule has 25 heavy (non-hydrogen) atoms. The van der Waals surface area contributed by atoms with E-state index in [-0.39, 0.29) is 11.5 Å². The van der Waals surface area contributed by atoms with Gasteiger partial charge < -0.3 is 15.4 Å². The van der Waals surface area contributed by atoms with Crippen molar-refractivity contribution in [2.24, 2.45) is 11.1 Å². The van der Waals surface area contributed by atoms with Gasteiger partial charge in [0.15, 0.2) is 0 Å². The van der Waals surface area contributed by atoms with Gasteiger partial charge in [-0.25, -0.2) is 8.42 Å². The van der Waals surface area contributed by atoms with Crippen molar-refractivity contribution in [3.8, 4) is 5.75 Å². The van der Waals surface area contributed by atoms with Crippen molar-refractivity contribution in [3.63, 3.8) is 0 Å². The van der Waals surface area contributed by atoms with E-state index in [9.17, 15) is 13.2 Å². The normalized spacial score (nSPS) is 12.1. The molecule has 142 valence electrons. The third-order valence-electron chi connectivity index (χ3n) is 3.46. The minimum absolute atomic E-state index is 0.0356. The Morgan fingerprint density at radius 2 is 1.84 bits per heavy atom. The molecule has 0 aromatic heterocycles. The molecule has 0 radical (unpaired) electrons. The highest BCUT2D eigenvalue weighted by Gasteiger charge is 2.24. The average Bonchev–Trinajstić information content (AvgIpc) is 2.47. The maximum Gasteiger partial charge on any atom is 0.241 e. The van der Waals surface area contributed by atoms with E-state index in [4.69, 9.17) is 10.5 Å². The SMILES string of the molecule is CC(C)Oc1ccc(NS(=O)(=O)CC(=O)N(C)CC(C)(C)CN)cc1. The van der Waals surface area contributed by atoms with Gasteiger partial charge in [0.1, 0.15) is 11.5 Å². The van der Waals surface area contributed by atoms with Gasteiger partial charge in [-0.1, -0.05) is 13.8 Å². The summed E-state index contributed by atoms with van der Waals surface area (Å²) in [5.41, 5.74) is 5.76. The van der Waals surface area contributed by atoms with Crippen molar-refractivity contribution in [1.82, 2.24) is 4.90 Å². The van der Waals surface area contributed by atoms with E-state index in [0.29, 0.717) is 24.5 Å². The van der Waals surface area contributed by atoms with Crippen LogP contribution in [0.5, 0.6) is 5.75 Å². The van der Waals surface area contributed by atoms with Crippen LogP contribution in [0.25, 0.3) is 0 Å². The van der Waals surface area contributed by atoms with Crippen molar-refractivity contribution >= 4 is 21.6 Å². The Kier molecular flexibility index (Phi) is 7.25. The highest BCUT2D eigenvalue weighted by Crippen LogP contribution is 2.18. The van der Waals surface area contributed by atoms with E-state index >= 15 is 0 Å². The third-order valence-corrected chi connectivity index (χ3v) is 4.63. The summed E-state index contributed by atoms with van der Waals surface area (Å²) in [5.74, 6) is -0.444. The van der Waals surface area contributed by atoms with E-state index in [0.717, 1.165) is 0 Å². The lowest BCUT2D eigenvalue weighted by molar-refractivity contribution is -0.128. The van der Waals surface area contributed by atoms with E-state index in [2.05, 4.69) is 4.72 Å². The highest BCUT2D eigenvalue weighted by molar-refractivity contribution is 7.93. The minimum atomic E-state index is -3.79. The van der Waals surface area contributed by atoms with Crippen molar-refractivity contribution in [2.75, 3.05) is 30.6 Å². The molecule has 0 saturated heterocycles. The second-order valence-electron chi connectivity index (χ2n) is 7.17. The number of amides is 1. The standard InChI is InChI=1S/C17H29N3O4S/c1-13(2)24-15-8-6-14(7-9-15)19-25(22,23)10-16(21)20(5)12-17(3,4)11-18/h6-9,13,19H,10-12,18H2,1-5H3. The fourth-order valence-corrected chi connectivity index (χ4v) is 3.27. The van der Waals surface area contributed by atoms with Crippen LogP contribution < -0.4 is 15.2 Å². The number of carbonyl (C=O) groups excluding carboxylic acids is 1. The molecule has 1 amide bonds. The number of ether oxygens (including phenoxy) is 1. The summed E-state index contributed by atoms with van der Waals surface area (Å²) >= 11 is 0. The first-order valence-corrected chi connectivity index (χ1v) is 9.80. The fourth-order valence-electron chi connectivity index (χ4n) is 2.16. The zero-order valence-electron chi connectivity index (χ0n) is 15.6. The number of carbonyl (C=O) groups is 1. The van der Waals surface area contributed by atoms with Crippen LogP contribution in [-0.4, -0.2) is 51.2 Å². The second kappa shape index (κ2) is 8.53. The summed E-state index contributed by atoms with van der Waals surface area (Å²) in [6, 6.07) is 6.55. The van der Waals surface area contributed by atoms with Crippen LogP contribution in [0.4, 0.5) is 5.69 Å². The first-order valence-electron chi connectivity index (χ1n) is 8.15. The van der Waals surface area contributed by atoms with Crippen LogP contribution in [-0.2, 0) is 14.8 Å². The van der Waals surface area contributed by atoms with Crippen molar-refractivity contribution in [2.45, 2.75) is 33.8 Å². The van der Waals surface area contributed by atoms with Gasteiger partial charge in [0.05, 0.1) is 6.10 Å². The summed E-state index contributed by atoms with van der Waals surface area (Å²) in [6.45, 7) is 8.45. The number of rotatable bonds is 9. The maximum atomic E-state index is 12.2. The molecule has 1 aromatic rings. The fraction of sp³-hybridized carbons (Fsp3) is 0.588. The van der Waals surface area contributed by atoms with Gasteiger partial charge in [-0.2, -0.15) is 0 Å². The van der Waals surface area contributed by atoms with Gasteiger partial charge in [0.25, 0.3) is 0 Å². The molecule has 1 rings (SSSR count). The van der Waals surface area contributed by atoms with Crippen LogP contribution in [0.2, 0.25) is 0 Å². The van der Waals surface area contributed by atoms with Gasteiger partial charge >= 0.3 is 0 Å². The molecule has 0 atom stereocenters. The van der Waals surface area contributed by atoms with Crippen LogP contribution in [0.15, 0.2) is 24.3 Å². The molecule has 0 aliphatic heterocycles. The van der Waals surface area contributed by atoms with Crippen molar-refractivity contribution in [3.05, 3.63) is 24.3 Å². The number of hydrogen-bond acceptors (Lipinski definition) is 5. The number of nitrogens with one attached hydrogen (secondary N) is 1. The van der Waals surface area contributed by atoms with Crippen molar-refractivity contribution in [1.29, 1.82) is 0 Å². The smallest absolute Gasteiger partial charge is 0.241 e. The molecule has 7 nitrogen and oxygen atoms in total. The predicted molar refractivity (Wildman–Crippen MR) is 100 cm³/mol. The average molecular weight is 372 g/mol. The quantitative estimate of drug-likeness (QED) is 0.687. The van der Waals surface area contributed by atoms with Crippen LogP contribution in [0.3, 0.4) is 0 Å². The number of nitrogens with zero attached hydrogens (tertiary/aromatic N) is 1. The Labute approximate surface area is 150 Å². The first kappa shape index (κ1) is 21.2. The molecular formula is C17H29N3O4S. The van der Waals surface area contributed by atoms with E-state index < -0.39 is 21.7 Å². The molecule has 0 saturated carbocycles. The molecule has 0 fully saturated rings. The Bertz CT molecular complexity index is 670. The Morgan fingerprint density at radius 3 is 2.32 bits per heavy atom. The number of nitrogens with two attached hydrogens (primary N) is 1. The molecule has 0 aliphatic carbocycles. The molecule has 0 spiro atoms. The van der Waals surface area contributed by atoms with Crippen molar-refractivity contribution < 1.29 is 17.9 Å². The summed E-state index contributed by atoms with van der Waals surface area (Å²) in [6.07, 6.45) is 0.0356. The zero-order chi connectivity index (χ0) is 19.3. The summed E-state index contributed by atoms with van der Waals surface area (Å²) in [4.78, 5) is 13.6. The molecule has 8 heteroatoms. The Morgan fingerprint density at radius 1 is 1.28 bits per heavy atom. The molecule has 0 unspecified atom stereocenters. The van der Waals surface area contributed by atoms with Gasteiger partial charge in [-0.05, 0) is 50.1 Å². The largest absolute Gasteiger partial charge is 0.491 e. The van der Waals surface area contributed by atoms with Gasteiger partial charge in [0, 0.05) is 19.3 Å². The zero-order valence-corrected chi connectivity index (χ0v) is 16.4. The van der Waals surface area contributed by atoms with Gasteiger partial charge in [-0.3, -0.25) is 9.52 Å². The number of anilines is 1. The first-order chi connectivity index (χ1) is 11.4. The Hall–Kier alpha value is -1.80. The number of sulfonamides is 1. The number of benzene rings is 1. The van der Waals surface area contributed by atoms with Gasteiger partial charge in [-0.15, -0.1) is 0 Å². The summed E-state index contributed by atoms with van der Waals surface area (Å²) in [7, 11) is -2.21. The molecular weight excluding hydrogens is 342 g/mol. The lowest BCUT2D eigenvalue weighted by Crippen LogP contribution is -2.42. The van der Waals surface area contributed by atoms with Gasteiger partial charge in [0.2, 0.25) is 15.9 Å². The van der Waals surface area contributed by atoms with E-state index in [1.165, 1.54) is 4.90 Å². The maximum absolute atomic E-state index is 12.2. The van der Waals surface area contributed by atoms with E-state index in [1.807, 2.05) is 27.7 Å². The summed E-state index contributed by atoms with van der Waals surface area (Å²) < 4.78 is 32.3. The molecule has 1 aromatic carbocycles. The van der Waals surface area contributed by atoms with Crippen LogP contribution in [0, 0.1) is 5.41 Å². The highest BCUT2D eigenvalue weighted by atomic mass is 32.2.